The fourth-order valence-corrected chi connectivity index (χ4v) is 1.90. The molecule has 2 aromatic rings. The number of hydrogen-bond donors (Lipinski definition) is 1. The number of aromatic nitrogens is 1. The normalized spacial score (nSPS) is 12.2. The topological polar surface area (TPSA) is 48.1 Å². The zero-order chi connectivity index (χ0) is 14.4. The van der Waals surface area contributed by atoms with Crippen molar-refractivity contribution in [2.75, 3.05) is 0 Å². The first kappa shape index (κ1) is 14.8. The van der Waals surface area contributed by atoms with Crippen LogP contribution in [0.1, 0.15) is 24.6 Å². The SMILES string of the molecule is CCC(N)Cc1ccc(OCc2ccc(Cl)cc2)cn1. The third kappa shape index (κ3) is 4.51. The zero-order valence-corrected chi connectivity index (χ0v) is 12.3. The van der Waals surface area contributed by atoms with Crippen LogP contribution >= 0.6 is 11.6 Å². The molecule has 2 N–H and O–H groups in total. The van der Waals surface area contributed by atoms with Crippen molar-refractivity contribution in [1.29, 1.82) is 0 Å². The first-order valence-electron chi connectivity index (χ1n) is 6.75. The number of ether oxygens (including phenoxy) is 1. The molecule has 1 heterocycles. The number of halogens is 1. The van der Waals surface area contributed by atoms with Crippen molar-refractivity contribution >= 4 is 11.6 Å². The first-order chi connectivity index (χ1) is 9.67. The van der Waals surface area contributed by atoms with Gasteiger partial charge in [0.2, 0.25) is 0 Å². The molecule has 3 nitrogen and oxygen atoms in total. The van der Waals surface area contributed by atoms with Gasteiger partial charge in [0.1, 0.15) is 12.4 Å². The standard InChI is InChI=1S/C16H19ClN2O/c1-2-14(18)9-15-7-8-16(10-19-15)20-11-12-3-5-13(17)6-4-12/h3-8,10,14H,2,9,11,18H2,1H3. The number of rotatable bonds is 6. The second-order valence-electron chi connectivity index (χ2n) is 4.77. The van der Waals surface area contributed by atoms with E-state index in [-0.39, 0.29) is 6.04 Å². The van der Waals surface area contributed by atoms with E-state index in [1.807, 2.05) is 36.4 Å². The Bertz CT molecular complexity index is 525. The highest BCUT2D eigenvalue weighted by molar-refractivity contribution is 6.30. The van der Waals surface area contributed by atoms with Crippen molar-refractivity contribution in [2.24, 2.45) is 5.73 Å². The summed E-state index contributed by atoms with van der Waals surface area (Å²) in [5.74, 6) is 0.758. The maximum Gasteiger partial charge on any atom is 0.138 e. The van der Waals surface area contributed by atoms with Crippen LogP contribution in [0.5, 0.6) is 5.75 Å². The molecule has 1 aromatic heterocycles. The van der Waals surface area contributed by atoms with Crippen molar-refractivity contribution in [3.05, 3.63) is 58.9 Å². The molecule has 0 bridgehead atoms. The Morgan fingerprint density at radius 2 is 1.95 bits per heavy atom. The summed E-state index contributed by atoms with van der Waals surface area (Å²) in [6.07, 6.45) is 3.50. The highest BCUT2D eigenvalue weighted by atomic mass is 35.5. The molecule has 0 fully saturated rings. The molecule has 1 aromatic carbocycles. The molecule has 0 spiro atoms. The van der Waals surface area contributed by atoms with Gasteiger partial charge >= 0.3 is 0 Å². The molecule has 0 amide bonds. The van der Waals surface area contributed by atoms with E-state index in [0.717, 1.165) is 34.9 Å². The van der Waals surface area contributed by atoms with Gasteiger partial charge < -0.3 is 10.5 Å². The minimum atomic E-state index is 0.170. The van der Waals surface area contributed by atoms with Crippen LogP contribution in [0.15, 0.2) is 42.6 Å². The summed E-state index contributed by atoms with van der Waals surface area (Å²) in [7, 11) is 0. The molecule has 1 unspecified atom stereocenters. The Morgan fingerprint density at radius 1 is 1.20 bits per heavy atom. The predicted octanol–water partition coefficient (Wildman–Crippen LogP) is 3.59. The Morgan fingerprint density at radius 3 is 2.55 bits per heavy atom. The molecule has 0 saturated carbocycles. The van der Waals surface area contributed by atoms with Gasteiger partial charge in [0.15, 0.2) is 0 Å². The first-order valence-corrected chi connectivity index (χ1v) is 7.13. The van der Waals surface area contributed by atoms with E-state index >= 15 is 0 Å². The monoisotopic (exact) mass is 290 g/mol. The average molecular weight is 291 g/mol. The predicted molar refractivity (Wildman–Crippen MR) is 82.0 cm³/mol. The van der Waals surface area contributed by atoms with E-state index in [4.69, 9.17) is 22.1 Å². The average Bonchev–Trinajstić information content (AvgIpc) is 2.48. The van der Waals surface area contributed by atoms with Gasteiger partial charge in [-0.3, -0.25) is 4.98 Å². The van der Waals surface area contributed by atoms with E-state index in [1.54, 1.807) is 6.20 Å². The highest BCUT2D eigenvalue weighted by Gasteiger charge is 2.03. The van der Waals surface area contributed by atoms with Gasteiger partial charge in [0, 0.05) is 23.2 Å². The summed E-state index contributed by atoms with van der Waals surface area (Å²) in [6.45, 7) is 2.58. The molecule has 0 aliphatic rings. The van der Waals surface area contributed by atoms with Gasteiger partial charge in [-0.2, -0.15) is 0 Å². The van der Waals surface area contributed by atoms with E-state index in [1.165, 1.54) is 0 Å². The maximum absolute atomic E-state index is 5.91. The van der Waals surface area contributed by atoms with E-state index in [0.29, 0.717) is 6.61 Å². The molecule has 1 atom stereocenters. The van der Waals surface area contributed by atoms with Crippen LogP contribution in [0.4, 0.5) is 0 Å². The Hall–Kier alpha value is -1.58. The summed E-state index contributed by atoms with van der Waals surface area (Å²) in [5.41, 5.74) is 7.98. The fourth-order valence-electron chi connectivity index (χ4n) is 1.78. The summed E-state index contributed by atoms with van der Waals surface area (Å²) in [4.78, 5) is 4.37. The van der Waals surface area contributed by atoms with Crippen LogP contribution in [-0.4, -0.2) is 11.0 Å². The van der Waals surface area contributed by atoms with Crippen molar-refractivity contribution in [1.82, 2.24) is 4.98 Å². The Labute approximate surface area is 124 Å². The molecule has 0 radical (unpaired) electrons. The lowest BCUT2D eigenvalue weighted by Crippen LogP contribution is -2.21. The van der Waals surface area contributed by atoms with Crippen molar-refractivity contribution in [3.63, 3.8) is 0 Å². The van der Waals surface area contributed by atoms with Crippen LogP contribution in [-0.2, 0) is 13.0 Å². The van der Waals surface area contributed by atoms with Gasteiger partial charge in [-0.15, -0.1) is 0 Å². The molecule has 2 rings (SSSR count). The molecule has 0 aliphatic carbocycles. The van der Waals surface area contributed by atoms with Gasteiger partial charge in [-0.25, -0.2) is 0 Å². The largest absolute Gasteiger partial charge is 0.487 e. The molecule has 106 valence electrons. The minimum absolute atomic E-state index is 0.170. The third-order valence-corrected chi connectivity index (χ3v) is 3.36. The summed E-state index contributed by atoms with van der Waals surface area (Å²) in [5, 5.41) is 0.729. The zero-order valence-electron chi connectivity index (χ0n) is 11.6. The van der Waals surface area contributed by atoms with Crippen LogP contribution in [0.3, 0.4) is 0 Å². The van der Waals surface area contributed by atoms with Gasteiger partial charge in [-0.05, 0) is 36.2 Å². The molecular weight excluding hydrogens is 272 g/mol. The van der Waals surface area contributed by atoms with E-state index < -0.39 is 0 Å². The second-order valence-corrected chi connectivity index (χ2v) is 5.21. The van der Waals surface area contributed by atoms with Crippen LogP contribution < -0.4 is 10.5 Å². The Balaban J connectivity index is 1.89. The van der Waals surface area contributed by atoms with Crippen LogP contribution in [0, 0.1) is 0 Å². The second kappa shape index (κ2) is 7.27. The maximum atomic E-state index is 5.91. The quantitative estimate of drug-likeness (QED) is 0.884. The number of nitrogens with two attached hydrogens (primary N) is 1. The highest BCUT2D eigenvalue weighted by Crippen LogP contribution is 2.14. The fraction of sp³-hybridized carbons (Fsp3) is 0.312. The minimum Gasteiger partial charge on any atom is -0.487 e. The lowest BCUT2D eigenvalue weighted by atomic mass is 10.1. The Kier molecular flexibility index (Phi) is 5.39. The molecule has 0 aliphatic heterocycles. The summed E-state index contributed by atoms with van der Waals surface area (Å²) in [6, 6.07) is 11.7. The van der Waals surface area contributed by atoms with Gasteiger partial charge in [0.05, 0.1) is 6.20 Å². The molecule has 20 heavy (non-hydrogen) atoms. The lowest BCUT2D eigenvalue weighted by molar-refractivity contribution is 0.305. The smallest absolute Gasteiger partial charge is 0.138 e. The van der Waals surface area contributed by atoms with Gasteiger partial charge in [0.25, 0.3) is 0 Å². The lowest BCUT2D eigenvalue weighted by Gasteiger charge is -2.09. The van der Waals surface area contributed by atoms with Crippen molar-refractivity contribution < 1.29 is 4.74 Å². The number of benzene rings is 1. The molecular formula is C16H19ClN2O. The third-order valence-electron chi connectivity index (χ3n) is 3.11. The van der Waals surface area contributed by atoms with Crippen LogP contribution in [0.25, 0.3) is 0 Å². The van der Waals surface area contributed by atoms with Crippen molar-refractivity contribution in [3.8, 4) is 5.75 Å². The summed E-state index contributed by atoms with van der Waals surface area (Å²) < 4.78 is 5.68. The van der Waals surface area contributed by atoms with Crippen molar-refractivity contribution in [2.45, 2.75) is 32.4 Å². The number of pyridine rings is 1. The van der Waals surface area contributed by atoms with Gasteiger partial charge in [-0.1, -0.05) is 30.7 Å². The number of hydrogen-bond acceptors (Lipinski definition) is 3. The van der Waals surface area contributed by atoms with Crippen LogP contribution in [0.2, 0.25) is 5.02 Å². The van der Waals surface area contributed by atoms with E-state index in [9.17, 15) is 0 Å². The molecule has 4 heteroatoms. The number of nitrogens with zero attached hydrogens (tertiary/aromatic N) is 1. The van der Waals surface area contributed by atoms with E-state index in [2.05, 4.69) is 11.9 Å². The molecule has 0 saturated heterocycles. The summed E-state index contributed by atoms with van der Waals surface area (Å²) >= 11 is 5.84.